The Morgan fingerprint density at radius 1 is 1.41 bits per heavy atom. The van der Waals surface area contributed by atoms with Crippen LogP contribution < -0.4 is 10.2 Å². The van der Waals surface area contributed by atoms with Crippen LogP contribution in [-0.2, 0) is 0 Å². The van der Waals surface area contributed by atoms with Crippen LogP contribution in [0.1, 0.15) is 13.8 Å². The minimum absolute atomic E-state index is 0.237. The molecule has 0 saturated carbocycles. The standard InChI is InChI=1S/C13H23N3S/c1-13(2,16-8-6-14-7-9-16)11-15(3)12-5-4-10-17-12/h4-5,10,14H,6-9,11H2,1-3H3. The van der Waals surface area contributed by atoms with Gasteiger partial charge in [-0.25, -0.2) is 0 Å². The Morgan fingerprint density at radius 2 is 2.12 bits per heavy atom. The summed E-state index contributed by atoms with van der Waals surface area (Å²) in [6.07, 6.45) is 0. The molecule has 1 aromatic heterocycles. The molecular weight excluding hydrogens is 230 g/mol. The van der Waals surface area contributed by atoms with Gasteiger partial charge >= 0.3 is 0 Å². The van der Waals surface area contributed by atoms with Gasteiger partial charge in [0.15, 0.2) is 0 Å². The van der Waals surface area contributed by atoms with E-state index in [0.29, 0.717) is 0 Å². The summed E-state index contributed by atoms with van der Waals surface area (Å²) in [4.78, 5) is 4.96. The third-order valence-corrected chi connectivity index (χ3v) is 4.46. The Kier molecular flexibility index (Phi) is 4.07. The maximum atomic E-state index is 3.41. The van der Waals surface area contributed by atoms with Crippen molar-refractivity contribution < 1.29 is 0 Å². The van der Waals surface area contributed by atoms with Crippen molar-refractivity contribution in [1.29, 1.82) is 0 Å². The molecule has 1 saturated heterocycles. The molecule has 2 rings (SSSR count). The molecule has 2 heterocycles. The fourth-order valence-corrected chi connectivity index (χ4v) is 3.21. The van der Waals surface area contributed by atoms with Crippen LogP contribution >= 0.6 is 11.3 Å². The van der Waals surface area contributed by atoms with E-state index < -0.39 is 0 Å². The first-order valence-electron chi connectivity index (χ1n) is 6.30. The zero-order valence-corrected chi connectivity index (χ0v) is 11.9. The minimum Gasteiger partial charge on any atom is -0.365 e. The van der Waals surface area contributed by atoms with Crippen LogP contribution in [0.15, 0.2) is 17.5 Å². The summed E-state index contributed by atoms with van der Waals surface area (Å²) < 4.78 is 0. The predicted octanol–water partition coefficient (Wildman–Crippen LogP) is 1.87. The highest BCUT2D eigenvalue weighted by molar-refractivity contribution is 7.14. The van der Waals surface area contributed by atoms with Crippen molar-refractivity contribution in [3.05, 3.63) is 17.5 Å². The van der Waals surface area contributed by atoms with Crippen molar-refractivity contribution in [2.75, 3.05) is 44.7 Å². The van der Waals surface area contributed by atoms with E-state index in [0.717, 1.165) is 32.7 Å². The van der Waals surface area contributed by atoms with E-state index in [4.69, 9.17) is 0 Å². The van der Waals surface area contributed by atoms with Crippen LogP contribution in [0.2, 0.25) is 0 Å². The van der Waals surface area contributed by atoms with Gasteiger partial charge in [-0.3, -0.25) is 4.90 Å². The second kappa shape index (κ2) is 5.38. The Balaban J connectivity index is 1.96. The minimum atomic E-state index is 0.237. The van der Waals surface area contributed by atoms with Crippen molar-refractivity contribution in [3.8, 4) is 0 Å². The first-order valence-corrected chi connectivity index (χ1v) is 7.18. The Morgan fingerprint density at radius 3 is 2.71 bits per heavy atom. The molecule has 1 fully saturated rings. The fraction of sp³-hybridized carbons (Fsp3) is 0.692. The highest BCUT2D eigenvalue weighted by Gasteiger charge is 2.29. The molecule has 3 nitrogen and oxygen atoms in total. The van der Waals surface area contributed by atoms with Gasteiger partial charge in [0.05, 0.1) is 5.00 Å². The zero-order chi connectivity index (χ0) is 12.3. The number of likely N-dealkylation sites (N-methyl/N-ethyl adjacent to an activating group) is 1. The Labute approximate surface area is 108 Å². The summed E-state index contributed by atoms with van der Waals surface area (Å²) in [7, 11) is 2.19. The van der Waals surface area contributed by atoms with Gasteiger partial charge in [0, 0.05) is 45.3 Å². The summed E-state index contributed by atoms with van der Waals surface area (Å²) in [6, 6.07) is 4.31. The van der Waals surface area contributed by atoms with Gasteiger partial charge in [-0.1, -0.05) is 0 Å². The van der Waals surface area contributed by atoms with Crippen LogP contribution in [-0.4, -0.2) is 50.2 Å². The molecule has 0 bridgehead atoms. The molecule has 4 heteroatoms. The van der Waals surface area contributed by atoms with Crippen molar-refractivity contribution >= 4 is 16.3 Å². The molecule has 0 spiro atoms. The first kappa shape index (κ1) is 12.9. The second-order valence-corrected chi connectivity index (χ2v) is 6.28. The van der Waals surface area contributed by atoms with Crippen LogP contribution in [0, 0.1) is 0 Å². The largest absolute Gasteiger partial charge is 0.365 e. The quantitative estimate of drug-likeness (QED) is 0.884. The number of rotatable bonds is 4. The molecule has 0 atom stereocenters. The maximum absolute atomic E-state index is 3.41. The molecule has 96 valence electrons. The lowest BCUT2D eigenvalue weighted by Crippen LogP contribution is -2.57. The molecule has 1 N–H and O–H groups in total. The fourth-order valence-electron chi connectivity index (χ4n) is 2.52. The molecule has 0 aromatic carbocycles. The van der Waals surface area contributed by atoms with E-state index in [-0.39, 0.29) is 5.54 Å². The molecule has 0 unspecified atom stereocenters. The zero-order valence-electron chi connectivity index (χ0n) is 11.1. The first-order chi connectivity index (χ1) is 8.09. The Hall–Kier alpha value is -0.580. The lowest BCUT2D eigenvalue weighted by Gasteiger charge is -2.43. The monoisotopic (exact) mass is 253 g/mol. The van der Waals surface area contributed by atoms with Crippen LogP contribution in [0.5, 0.6) is 0 Å². The van der Waals surface area contributed by atoms with Crippen LogP contribution in [0.25, 0.3) is 0 Å². The SMILES string of the molecule is CN(CC(C)(C)N1CCNCC1)c1cccs1. The van der Waals surface area contributed by atoms with Crippen molar-refractivity contribution in [2.24, 2.45) is 0 Å². The van der Waals surface area contributed by atoms with Crippen LogP contribution in [0.4, 0.5) is 5.00 Å². The molecule has 1 aliphatic rings. The van der Waals surface area contributed by atoms with Gasteiger partial charge in [0.1, 0.15) is 0 Å². The van der Waals surface area contributed by atoms with Gasteiger partial charge in [-0.15, -0.1) is 11.3 Å². The van der Waals surface area contributed by atoms with E-state index in [9.17, 15) is 0 Å². The smallest absolute Gasteiger partial charge is 0.0906 e. The van der Waals surface area contributed by atoms with Gasteiger partial charge in [0.25, 0.3) is 0 Å². The Bertz CT molecular complexity index is 328. The third-order valence-electron chi connectivity index (χ3n) is 3.48. The normalized spacial score (nSPS) is 18.3. The number of anilines is 1. The van der Waals surface area contributed by atoms with E-state index in [2.05, 4.69) is 53.5 Å². The predicted molar refractivity (Wildman–Crippen MR) is 76.1 cm³/mol. The van der Waals surface area contributed by atoms with Crippen LogP contribution in [0.3, 0.4) is 0 Å². The number of hydrogen-bond donors (Lipinski definition) is 1. The third kappa shape index (κ3) is 3.21. The number of hydrogen-bond acceptors (Lipinski definition) is 4. The van der Waals surface area contributed by atoms with E-state index in [1.165, 1.54) is 5.00 Å². The lowest BCUT2D eigenvalue weighted by molar-refractivity contribution is 0.109. The molecule has 0 aliphatic carbocycles. The summed E-state index contributed by atoms with van der Waals surface area (Å²) in [5.41, 5.74) is 0.237. The van der Waals surface area contributed by atoms with Gasteiger partial charge in [-0.05, 0) is 31.4 Å². The van der Waals surface area contributed by atoms with Crippen molar-refractivity contribution in [2.45, 2.75) is 19.4 Å². The molecule has 0 radical (unpaired) electrons. The summed E-state index contributed by atoms with van der Waals surface area (Å²) in [5.74, 6) is 0. The number of nitrogens with zero attached hydrogens (tertiary/aromatic N) is 2. The molecule has 17 heavy (non-hydrogen) atoms. The van der Waals surface area contributed by atoms with E-state index >= 15 is 0 Å². The summed E-state index contributed by atoms with van der Waals surface area (Å²) >= 11 is 1.81. The number of nitrogens with one attached hydrogen (secondary N) is 1. The second-order valence-electron chi connectivity index (χ2n) is 5.36. The number of thiophene rings is 1. The number of piperazine rings is 1. The summed E-state index contributed by atoms with van der Waals surface area (Å²) in [5, 5.41) is 6.91. The van der Waals surface area contributed by atoms with Crippen molar-refractivity contribution in [3.63, 3.8) is 0 Å². The lowest BCUT2D eigenvalue weighted by atomic mass is 10.0. The van der Waals surface area contributed by atoms with Gasteiger partial charge in [0.2, 0.25) is 0 Å². The highest BCUT2D eigenvalue weighted by atomic mass is 32.1. The molecule has 0 amide bonds. The van der Waals surface area contributed by atoms with E-state index in [1.54, 1.807) is 0 Å². The topological polar surface area (TPSA) is 18.5 Å². The van der Waals surface area contributed by atoms with Gasteiger partial charge in [-0.2, -0.15) is 0 Å². The highest BCUT2D eigenvalue weighted by Crippen LogP contribution is 2.24. The molecular formula is C13H23N3S. The molecule has 1 aliphatic heterocycles. The van der Waals surface area contributed by atoms with Crippen molar-refractivity contribution in [1.82, 2.24) is 10.2 Å². The van der Waals surface area contributed by atoms with E-state index in [1.807, 2.05) is 11.3 Å². The summed E-state index contributed by atoms with van der Waals surface area (Å²) in [6.45, 7) is 10.3. The average Bonchev–Trinajstić information content (AvgIpc) is 2.83. The maximum Gasteiger partial charge on any atom is 0.0906 e. The average molecular weight is 253 g/mol. The van der Waals surface area contributed by atoms with Gasteiger partial charge < -0.3 is 10.2 Å². The molecule has 1 aromatic rings.